The molecule has 3 N–H and O–H groups in total. The highest BCUT2D eigenvalue weighted by atomic mass is 35.5. The third-order valence-corrected chi connectivity index (χ3v) is 9.33. The van der Waals surface area contributed by atoms with Crippen LogP contribution in [0.1, 0.15) is 90.5 Å². The molecule has 2 fully saturated rings. The van der Waals surface area contributed by atoms with Crippen LogP contribution in [0.15, 0.2) is 34.9 Å². The maximum atomic E-state index is 13.7. The summed E-state index contributed by atoms with van der Waals surface area (Å²) in [7, 11) is 0. The maximum absolute atomic E-state index is 13.7. The lowest BCUT2D eigenvalue weighted by Gasteiger charge is -2.38. The van der Waals surface area contributed by atoms with E-state index in [1.54, 1.807) is 12.1 Å². The molecule has 1 aromatic rings. The Hall–Kier alpha value is -2.15. The number of aliphatic hydroxyl groups is 2. The van der Waals surface area contributed by atoms with Gasteiger partial charge in [-0.1, -0.05) is 75.3 Å². The van der Waals surface area contributed by atoms with Crippen LogP contribution < -0.4 is 0 Å². The fourth-order valence-electron chi connectivity index (χ4n) is 7.09. The van der Waals surface area contributed by atoms with Gasteiger partial charge in [-0.2, -0.15) is 0 Å². The predicted octanol–water partition coefficient (Wildman–Crippen LogP) is 6.27. The number of nitrogens with zero attached hydrogens (tertiary/aromatic N) is 1. The Kier molecular flexibility index (Phi) is 9.95. The minimum Gasteiger partial charge on any atom is -0.508 e. The van der Waals surface area contributed by atoms with Gasteiger partial charge in [0.25, 0.3) is 0 Å². The Morgan fingerprint density at radius 1 is 1.13 bits per heavy atom. The van der Waals surface area contributed by atoms with E-state index in [-0.39, 0.29) is 36.1 Å². The standard InChI is InChI=1S/C32H44ClNO5/c1-4-8-20(15-21-12-13-23(36)16-27(21)33)11-14-28(37)29-24(19(2)3)17-25-30(26(29)18-35)32(39)34(31(25)38)22-9-6-5-7-10-22/h12-13,15-16,19,22,25-26,28,30,35-37H,4-11,14,17-18H2,1-3H3/b20-15+/t25-,26+,28-,30-/m1/s1. The van der Waals surface area contributed by atoms with E-state index >= 15 is 0 Å². The molecule has 0 unspecified atom stereocenters. The van der Waals surface area contributed by atoms with Crippen molar-refractivity contribution in [2.75, 3.05) is 6.61 Å². The van der Waals surface area contributed by atoms with Crippen LogP contribution in [-0.2, 0) is 9.59 Å². The van der Waals surface area contributed by atoms with E-state index in [0.717, 1.165) is 67.2 Å². The van der Waals surface area contributed by atoms with Crippen molar-refractivity contribution >= 4 is 29.5 Å². The maximum Gasteiger partial charge on any atom is 0.234 e. The van der Waals surface area contributed by atoms with Crippen molar-refractivity contribution < 1.29 is 24.9 Å². The zero-order valence-electron chi connectivity index (χ0n) is 23.5. The highest BCUT2D eigenvalue weighted by Crippen LogP contribution is 2.49. The minimum absolute atomic E-state index is 0.0342. The topological polar surface area (TPSA) is 98.1 Å². The summed E-state index contributed by atoms with van der Waals surface area (Å²) in [6.45, 7) is 5.96. The van der Waals surface area contributed by atoms with E-state index in [4.69, 9.17) is 11.6 Å². The molecule has 4 atom stereocenters. The van der Waals surface area contributed by atoms with Gasteiger partial charge in [0.05, 0.1) is 29.6 Å². The summed E-state index contributed by atoms with van der Waals surface area (Å²) in [5.74, 6) is -1.62. The molecule has 6 nitrogen and oxygen atoms in total. The number of likely N-dealkylation sites (tertiary alicyclic amines) is 1. The summed E-state index contributed by atoms with van der Waals surface area (Å²) in [5.41, 5.74) is 3.73. The Morgan fingerprint density at radius 3 is 2.46 bits per heavy atom. The van der Waals surface area contributed by atoms with Gasteiger partial charge in [-0.05, 0) is 73.8 Å². The first-order chi connectivity index (χ1) is 18.7. The molecule has 214 valence electrons. The molecule has 0 aromatic heterocycles. The average Bonchev–Trinajstić information content (AvgIpc) is 3.17. The molecule has 39 heavy (non-hydrogen) atoms. The zero-order valence-corrected chi connectivity index (χ0v) is 24.3. The average molecular weight is 558 g/mol. The first kappa shape index (κ1) is 29.8. The lowest BCUT2D eigenvalue weighted by molar-refractivity contribution is -0.143. The molecule has 1 saturated carbocycles. The van der Waals surface area contributed by atoms with Crippen LogP contribution in [0.2, 0.25) is 5.02 Å². The van der Waals surface area contributed by atoms with Gasteiger partial charge in [0.1, 0.15) is 5.75 Å². The third kappa shape index (κ3) is 6.28. The third-order valence-electron chi connectivity index (χ3n) is 9.00. The Labute approximate surface area is 237 Å². The van der Waals surface area contributed by atoms with Crippen molar-refractivity contribution in [3.8, 4) is 5.75 Å². The van der Waals surface area contributed by atoms with Gasteiger partial charge >= 0.3 is 0 Å². The van der Waals surface area contributed by atoms with Crippen LogP contribution in [0.3, 0.4) is 0 Å². The van der Waals surface area contributed by atoms with E-state index in [1.165, 1.54) is 11.0 Å². The summed E-state index contributed by atoms with van der Waals surface area (Å²) in [6.07, 6.45) is 9.47. The number of carbonyl (C=O) groups excluding carboxylic acids is 2. The van der Waals surface area contributed by atoms with Crippen molar-refractivity contribution in [3.05, 3.63) is 45.5 Å². The van der Waals surface area contributed by atoms with Crippen molar-refractivity contribution in [2.24, 2.45) is 23.7 Å². The number of amides is 2. The number of hydrogen-bond donors (Lipinski definition) is 3. The fourth-order valence-corrected chi connectivity index (χ4v) is 7.32. The van der Waals surface area contributed by atoms with Gasteiger partial charge in [-0.3, -0.25) is 14.5 Å². The number of carbonyl (C=O) groups is 2. The smallest absolute Gasteiger partial charge is 0.234 e. The molecule has 1 aromatic carbocycles. The summed E-state index contributed by atoms with van der Waals surface area (Å²) >= 11 is 6.34. The summed E-state index contributed by atoms with van der Waals surface area (Å²) in [4.78, 5) is 28.8. The quantitative estimate of drug-likeness (QED) is 0.233. The Balaban J connectivity index is 1.59. The van der Waals surface area contributed by atoms with E-state index in [9.17, 15) is 24.9 Å². The van der Waals surface area contributed by atoms with E-state index in [2.05, 4.69) is 20.8 Å². The SMILES string of the molecule is CCC/C(=C\c1ccc(O)cc1Cl)CC[C@@H](O)C1=C(C(C)C)C[C@H]2C(=O)N(C3CCCCC3)C(=O)[C@H]2[C@H]1CO. The van der Waals surface area contributed by atoms with Crippen LogP contribution in [0, 0.1) is 23.7 Å². The number of hydrogen-bond acceptors (Lipinski definition) is 5. The number of aromatic hydroxyl groups is 1. The second-order valence-corrected chi connectivity index (χ2v) is 12.3. The first-order valence-corrected chi connectivity index (χ1v) is 15.1. The van der Waals surface area contributed by atoms with Gasteiger partial charge in [0.15, 0.2) is 0 Å². The molecule has 2 amide bonds. The van der Waals surface area contributed by atoms with Crippen molar-refractivity contribution in [1.29, 1.82) is 0 Å². The Morgan fingerprint density at radius 2 is 1.85 bits per heavy atom. The van der Waals surface area contributed by atoms with Crippen LogP contribution in [0.4, 0.5) is 0 Å². The second-order valence-electron chi connectivity index (χ2n) is 11.9. The molecule has 7 heteroatoms. The van der Waals surface area contributed by atoms with Crippen molar-refractivity contribution in [1.82, 2.24) is 4.90 Å². The Bertz CT molecular complexity index is 1120. The van der Waals surface area contributed by atoms with Crippen LogP contribution in [0.5, 0.6) is 5.75 Å². The number of rotatable bonds is 10. The summed E-state index contributed by atoms with van der Waals surface area (Å²) in [6, 6.07) is 4.88. The normalized spacial score (nSPS) is 25.6. The van der Waals surface area contributed by atoms with Gasteiger partial charge < -0.3 is 15.3 Å². The van der Waals surface area contributed by atoms with E-state index < -0.39 is 23.9 Å². The highest BCUT2D eigenvalue weighted by Gasteiger charge is 2.56. The monoisotopic (exact) mass is 557 g/mol. The fraction of sp³-hybridized carbons (Fsp3) is 0.625. The number of imide groups is 1. The number of allylic oxidation sites excluding steroid dienone is 2. The number of halogens is 1. The van der Waals surface area contributed by atoms with Gasteiger partial charge in [-0.25, -0.2) is 0 Å². The molecule has 0 spiro atoms. The number of phenolic OH excluding ortho intramolecular Hbond substituents is 1. The number of benzene rings is 1. The minimum atomic E-state index is -0.817. The van der Waals surface area contributed by atoms with Gasteiger partial charge in [-0.15, -0.1) is 0 Å². The van der Waals surface area contributed by atoms with Crippen LogP contribution in [0.25, 0.3) is 6.08 Å². The molecule has 1 aliphatic heterocycles. The van der Waals surface area contributed by atoms with Crippen molar-refractivity contribution in [2.45, 2.75) is 97.1 Å². The molecule has 0 radical (unpaired) electrons. The van der Waals surface area contributed by atoms with E-state index in [0.29, 0.717) is 24.3 Å². The molecule has 1 heterocycles. The molecular weight excluding hydrogens is 514 g/mol. The molecule has 1 saturated heterocycles. The largest absolute Gasteiger partial charge is 0.508 e. The molecule has 0 bridgehead atoms. The van der Waals surface area contributed by atoms with E-state index in [1.807, 2.05) is 6.08 Å². The molecule has 2 aliphatic carbocycles. The van der Waals surface area contributed by atoms with Crippen molar-refractivity contribution in [3.63, 3.8) is 0 Å². The summed E-state index contributed by atoms with van der Waals surface area (Å²) in [5, 5.41) is 32.3. The second kappa shape index (κ2) is 13.0. The van der Waals surface area contributed by atoms with Gasteiger partial charge in [0.2, 0.25) is 11.8 Å². The van der Waals surface area contributed by atoms with Crippen LogP contribution >= 0.6 is 11.6 Å². The number of phenols is 1. The number of fused-ring (bicyclic) bond motifs is 1. The summed E-state index contributed by atoms with van der Waals surface area (Å²) < 4.78 is 0. The molecule has 3 aliphatic rings. The molecular formula is C32H44ClNO5. The van der Waals surface area contributed by atoms with Crippen LogP contribution in [-0.4, -0.2) is 50.8 Å². The predicted molar refractivity (Wildman–Crippen MR) is 154 cm³/mol. The number of aliphatic hydroxyl groups excluding tert-OH is 2. The highest BCUT2D eigenvalue weighted by molar-refractivity contribution is 6.32. The zero-order chi connectivity index (χ0) is 28.3. The molecule has 4 rings (SSSR count). The lowest BCUT2D eigenvalue weighted by atomic mass is 9.66. The lowest BCUT2D eigenvalue weighted by Crippen LogP contribution is -2.42. The van der Waals surface area contributed by atoms with Gasteiger partial charge in [0, 0.05) is 12.0 Å². The first-order valence-electron chi connectivity index (χ1n) is 14.7.